The lowest BCUT2D eigenvalue weighted by Gasteiger charge is -1.91. The van der Waals surface area contributed by atoms with Gasteiger partial charge in [-0.25, -0.2) is 0 Å². The minimum Gasteiger partial charge on any atom is -0.346 e. The van der Waals surface area contributed by atoms with Crippen LogP contribution in [0, 0.1) is 0 Å². The van der Waals surface area contributed by atoms with Gasteiger partial charge in [0.2, 0.25) is 0 Å². The zero-order chi connectivity index (χ0) is 7.94. The van der Waals surface area contributed by atoms with Crippen LogP contribution in [0.2, 0.25) is 0 Å². The molecule has 1 aromatic carbocycles. The van der Waals surface area contributed by atoms with Crippen LogP contribution in [-0.4, -0.2) is 7.11 Å². The van der Waals surface area contributed by atoms with E-state index in [-0.39, 0.29) is 0 Å². The van der Waals surface area contributed by atoms with E-state index in [1.807, 2.05) is 36.4 Å². The van der Waals surface area contributed by atoms with Gasteiger partial charge in [-0.1, -0.05) is 30.3 Å². The fourth-order valence-corrected chi connectivity index (χ4v) is 0.726. The molecule has 0 amide bonds. The molecule has 0 fully saturated rings. The van der Waals surface area contributed by atoms with Gasteiger partial charge < -0.3 is 4.89 Å². The van der Waals surface area contributed by atoms with Crippen LogP contribution in [0.5, 0.6) is 0 Å². The Kier molecular flexibility index (Phi) is 3.22. The first kappa shape index (κ1) is 7.82. The Hall–Kier alpha value is -1.28. The summed E-state index contributed by atoms with van der Waals surface area (Å²) in [6, 6.07) is 9.86. The molecule has 0 radical (unpaired) electrons. The number of hydrogen-bond acceptors (Lipinski definition) is 2. The fraction of sp³-hybridized carbons (Fsp3) is 0.111. The molecule has 0 atom stereocenters. The van der Waals surface area contributed by atoms with Crippen molar-refractivity contribution in [1.29, 1.82) is 0 Å². The molecule has 0 unspecified atom stereocenters. The van der Waals surface area contributed by atoms with Gasteiger partial charge in [0.15, 0.2) is 0 Å². The van der Waals surface area contributed by atoms with E-state index >= 15 is 0 Å². The highest BCUT2D eigenvalue weighted by Crippen LogP contribution is 2.00. The summed E-state index contributed by atoms with van der Waals surface area (Å²) in [6.45, 7) is 0. The first-order chi connectivity index (χ1) is 5.43. The lowest BCUT2D eigenvalue weighted by Crippen LogP contribution is -1.75. The van der Waals surface area contributed by atoms with Gasteiger partial charge in [-0.15, -0.1) is 0 Å². The van der Waals surface area contributed by atoms with Gasteiger partial charge >= 0.3 is 0 Å². The summed E-state index contributed by atoms with van der Waals surface area (Å²) in [4.78, 5) is 8.93. The van der Waals surface area contributed by atoms with Crippen molar-refractivity contribution >= 4 is 6.08 Å². The van der Waals surface area contributed by atoms with Crippen molar-refractivity contribution in [3.63, 3.8) is 0 Å². The van der Waals surface area contributed by atoms with E-state index < -0.39 is 0 Å². The second kappa shape index (κ2) is 4.52. The Bertz CT molecular complexity index is 216. The zero-order valence-electron chi connectivity index (χ0n) is 6.36. The van der Waals surface area contributed by atoms with Crippen LogP contribution in [0.1, 0.15) is 5.56 Å². The van der Waals surface area contributed by atoms with E-state index in [0.717, 1.165) is 5.56 Å². The molecule has 2 nitrogen and oxygen atoms in total. The smallest absolute Gasteiger partial charge is 0.130 e. The van der Waals surface area contributed by atoms with E-state index in [0.29, 0.717) is 0 Å². The van der Waals surface area contributed by atoms with Gasteiger partial charge in [0.25, 0.3) is 0 Å². The average Bonchev–Trinajstić information content (AvgIpc) is 2.07. The summed E-state index contributed by atoms with van der Waals surface area (Å²) in [5.41, 5.74) is 1.09. The maximum absolute atomic E-state index is 4.56. The molecule has 0 bridgehead atoms. The van der Waals surface area contributed by atoms with E-state index in [2.05, 4.69) is 9.78 Å². The Morgan fingerprint density at radius 3 is 2.55 bits per heavy atom. The van der Waals surface area contributed by atoms with Gasteiger partial charge in [0, 0.05) is 0 Å². The Morgan fingerprint density at radius 1 is 1.18 bits per heavy atom. The normalized spacial score (nSPS) is 10.3. The highest BCUT2D eigenvalue weighted by atomic mass is 17.2. The molecule has 0 heterocycles. The Balaban J connectivity index is 2.50. The first-order valence-corrected chi connectivity index (χ1v) is 3.34. The monoisotopic (exact) mass is 150 g/mol. The molecular weight excluding hydrogens is 140 g/mol. The molecule has 1 aromatic rings. The summed E-state index contributed by atoms with van der Waals surface area (Å²) in [5, 5.41) is 0. The van der Waals surface area contributed by atoms with Crippen LogP contribution in [0.3, 0.4) is 0 Å². The third kappa shape index (κ3) is 2.87. The average molecular weight is 150 g/mol. The highest BCUT2D eigenvalue weighted by molar-refractivity contribution is 5.47. The van der Waals surface area contributed by atoms with Gasteiger partial charge in [0.05, 0.1) is 7.11 Å². The molecule has 0 N–H and O–H groups in total. The molecule has 2 heteroatoms. The van der Waals surface area contributed by atoms with Crippen LogP contribution in [0.25, 0.3) is 6.08 Å². The molecule has 0 aromatic heterocycles. The van der Waals surface area contributed by atoms with Crippen LogP contribution in [0.4, 0.5) is 0 Å². The molecule has 0 aliphatic heterocycles. The summed E-state index contributed by atoms with van der Waals surface area (Å²) in [7, 11) is 1.47. The summed E-state index contributed by atoms with van der Waals surface area (Å²) in [6.07, 6.45) is 3.32. The van der Waals surface area contributed by atoms with Crippen molar-refractivity contribution in [2.75, 3.05) is 7.11 Å². The largest absolute Gasteiger partial charge is 0.346 e. The van der Waals surface area contributed by atoms with Crippen LogP contribution in [0.15, 0.2) is 36.6 Å². The predicted octanol–water partition coefficient (Wildman–Crippen LogP) is 2.24. The maximum atomic E-state index is 4.56. The van der Waals surface area contributed by atoms with Gasteiger partial charge in [-0.2, -0.15) is 4.89 Å². The van der Waals surface area contributed by atoms with Crippen molar-refractivity contribution in [3.8, 4) is 0 Å². The molecule has 0 saturated heterocycles. The second-order valence-electron chi connectivity index (χ2n) is 1.98. The van der Waals surface area contributed by atoms with Crippen molar-refractivity contribution in [2.24, 2.45) is 0 Å². The molecule has 1 rings (SSSR count). The lowest BCUT2D eigenvalue weighted by molar-refractivity contribution is -0.221. The van der Waals surface area contributed by atoms with Crippen molar-refractivity contribution in [3.05, 3.63) is 42.2 Å². The van der Waals surface area contributed by atoms with Gasteiger partial charge in [0.1, 0.15) is 6.26 Å². The molecule has 0 spiro atoms. The molecule has 58 valence electrons. The first-order valence-electron chi connectivity index (χ1n) is 3.34. The predicted molar refractivity (Wildman–Crippen MR) is 43.6 cm³/mol. The third-order valence-electron chi connectivity index (χ3n) is 1.21. The lowest BCUT2D eigenvalue weighted by atomic mass is 10.2. The molecule has 11 heavy (non-hydrogen) atoms. The topological polar surface area (TPSA) is 18.5 Å². The maximum Gasteiger partial charge on any atom is 0.130 e. The summed E-state index contributed by atoms with van der Waals surface area (Å²) < 4.78 is 0. The van der Waals surface area contributed by atoms with Crippen LogP contribution < -0.4 is 0 Å². The molecule has 0 saturated carbocycles. The molecule has 0 aliphatic rings. The Morgan fingerprint density at radius 2 is 1.91 bits per heavy atom. The zero-order valence-corrected chi connectivity index (χ0v) is 6.36. The van der Waals surface area contributed by atoms with Crippen LogP contribution in [-0.2, 0) is 9.78 Å². The summed E-state index contributed by atoms with van der Waals surface area (Å²) >= 11 is 0. The van der Waals surface area contributed by atoms with Gasteiger partial charge in [-0.3, -0.25) is 0 Å². The highest BCUT2D eigenvalue weighted by Gasteiger charge is 1.80. The van der Waals surface area contributed by atoms with E-state index in [9.17, 15) is 0 Å². The Labute approximate surface area is 66.0 Å². The number of benzene rings is 1. The van der Waals surface area contributed by atoms with E-state index in [4.69, 9.17) is 0 Å². The number of hydrogen-bond donors (Lipinski definition) is 0. The molecular formula is C9H10O2. The van der Waals surface area contributed by atoms with Gasteiger partial charge in [-0.05, 0) is 11.6 Å². The van der Waals surface area contributed by atoms with E-state index in [1.54, 1.807) is 0 Å². The standard InChI is InChI=1S/C9H10O2/c1-10-11-8-7-9-5-3-2-4-6-9/h2-8H,1H3. The second-order valence-corrected chi connectivity index (χ2v) is 1.98. The minimum atomic E-state index is 1.09. The SMILES string of the molecule is COOC=Cc1ccccc1. The van der Waals surface area contributed by atoms with Crippen molar-refractivity contribution < 1.29 is 9.78 Å². The van der Waals surface area contributed by atoms with E-state index in [1.165, 1.54) is 13.4 Å². The van der Waals surface area contributed by atoms with Crippen molar-refractivity contribution in [1.82, 2.24) is 0 Å². The third-order valence-corrected chi connectivity index (χ3v) is 1.21. The molecule has 0 aliphatic carbocycles. The minimum absolute atomic E-state index is 1.09. The number of rotatable bonds is 3. The van der Waals surface area contributed by atoms with Crippen LogP contribution >= 0.6 is 0 Å². The fourth-order valence-electron chi connectivity index (χ4n) is 0.726. The summed E-state index contributed by atoms with van der Waals surface area (Å²) in [5.74, 6) is 0. The van der Waals surface area contributed by atoms with Crippen molar-refractivity contribution in [2.45, 2.75) is 0 Å². The quantitative estimate of drug-likeness (QED) is 0.373.